The van der Waals surface area contributed by atoms with Crippen molar-refractivity contribution in [2.75, 3.05) is 0 Å². The fraction of sp³-hybridized carbons (Fsp3) is 0.133. The molecule has 0 aliphatic rings. The van der Waals surface area contributed by atoms with Crippen LogP contribution in [-0.2, 0) is 6.54 Å². The van der Waals surface area contributed by atoms with Gasteiger partial charge < -0.3 is 4.57 Å². The van der Waals surface area contributed by atoms with Gasteiger partial charge in [0, 0.05) is 23.5 Å². The van der Waals surface area contributed by atoms with Crippen molar-refractivity contribution in [3.05, 3.63) is 60.3 Å². The zero-order valence-electron chi connectivity index (χ0n) is 9.89. The van der Waals surface area contributed by atoms with Gasteiger partial charge in [-0.05, 0) is 18.6 Å². The lowest BCUT2D eigenvalue weighted by Crippen LogP contribution is -2.00. The van der Waals surface area contributed by atoms with Gasteiger partial charge >= 0.3 is 0 Å². The van der Waals surface area contributed by atoms with Crippen molar-refractivity contribution in [3.8, 4) is 11.3 Å². The fourth-order valence-electron chi connectivity index (χ4n) is 2.00. The monoisotopic (exact) mass is 225 g/mol. The summed E-state index contributed by atoms with van der Waals surface area (Å²) in [7, 11) is 0. The lowest BCUT2D eigenvalue weighted by Gasteiger charge is -2.09. The average Bonchev–Trinajstić information content (AvgIpc) is 2.69. The first-order chi connectivity index (χ1) is 8.27. The van der Waals surface area contributed by atoms with E-state index in [0.717, 1.165) is 28.8 Å². The number of carbonyl (C=O) groups is 1. The molecule has 0 bridgehead atoms. The highest BCUT2D eigenvalue weighted by molar-refractivity contribution is 5.81. The summed E-state index contributed by atoms with van der Waals surface area (Å²) in [5.41, 5.74) is 3.90. The summed E-state index contributed by atoms with van der Waals surface area (Å²) < 4.78 is 2.10. The maximum Gasteiger partial charge on any atom is 0.151 e. The van der Waals surface area contributed by atoms with E-state index in [1.54, 1.807) is 0 Å². The van der Waals surface area contributed by atoms with Gasteiger partial charge in [-0.15, -0.1) is 6.58 Å². The molecule has 0 spiro atoms. The largest absolute Gasteiger partial charge is 0.340 e. The first kappa shape index (κ1) is 11.4. The molecule has 0 atom stereocenters. The topological polar surface area (TPSA) is 22.0 Å². The number of carbonyl (C=O) groups excluding carboxylic acids is 1. The smallest absolute Gasteiger partial charge is 0.151 e. The second-order valence-electron chi connectivity index (χ2n) is 3.95. The van der Waals surface area contributed by atoms with Crippen LogP contribution in [0.4, 0.5) is 0 Å². The van der Waals surface area contributed by atoms with Gasteiger partial charge in [0.15, 0.2) is 6.29 Å². The number of hydrogen-bond acceptors (Lipinski definition) is 1. The Bertz CT molecular complexity index is 538. The summed E-state index contributed by atoms with van der Waals surface area (Å²) in [4.78, 5) is 11.0. The van der Waals surface area contributed by atoms with E-state index < -0.39 is 0 Å². The Hall–Kier alpha value is -2.09. The normalized spacial score (nSPS) is 10.2. The number of nitrogens with zero attached hydrogens (tertiary/aromatic N) is 1. The molecule has 1 aromatic heterocycles. The molecular weight excluding hydrogens is 210 g/mol. The van der Waals surface area contributed by atoms with Crippen LogP contribution in [0.3, 0.4) is 0 Å². The Balaban J connectivity index is 2.60. The van der Waals surface area contributed by atoms with Crippen LogP contribution in [0.5, 0.6) is 0 Å². The predicted octanol–water partition coefficient (Wildman–Crippen LogP) is 3.46. The summed E-state index contributed by atoms with van der Waals surface area (Å²) in [6.07, 6.45) is 2.75. The summed E-state index contributed by atoms with van der Waals surface area (Å²) >= 11 is 0. The van der Waals surface area contributed by atoms with Crippen molar-refractivity contribution < 1.29 is 4.79 Å². The highest BCUT2D eigenvalue weighted by atomic mass is 16.1. The van der Waals surface area contributed by atoms with Crippen LogP contribution in [0.1, 0.15) is 16.1 Å². The molecule has 0 unspecified atom stereocenters. The third-order valence-corrected chi connectivity index (χ3v) is 2.91. The van der Waals surface area contributed by atoms with Gasteiger partial charge in [0.05, 0.1) is 0 Å². The van der Waals surface area contributed by atoms with Crippen LogP contribution in [0, 0.1) is 6.92 Å². The van der Waals surface area contributed by atoms with Gasteiger partial charge in [-0.25, -0.2) is 0 Å². The second kappa shape index (κ2) is 4.83. The molecule has 0 saturated carbocycles. The molecule has 2 heteroatoms. The maximum absolute atomic E-state index is 11.0. The Morgan fingerprint density at radius 2 is 2.00 bits per heavy atom. The molecular formula is C15H15NO. The minimum absolute atomic E-state index is 0.712. The van der Waals surface area contributed by atoms with Crippen molar-refractivity contribution in [1.82, 2.24) is 4.57 Å². The molecule has 0 aliphatic heterocycles. The summed E-state index contributed by atoms with van der Waals surface area (Å²) in [6, 6.07) is 12.0. The van der Waals surface area contributed by atoms with Gasteiger partial charge in [0.1, 0.15) is 0 Å². The van der Waals surface area contributed by atoms with Crippen LogP contribution in [0.15, 0.2) is 49.1 Å². The molecule has 1 heterocycles. The van der Waals surface area contributed by atoms with Crippen molar-refractivity contribution in [3.63, 3.8) is 0 Å². The number of allylic oxidation sites excluding steroid dienone is 1. The van der Waals surface area contributed by atoms with E-state index >= 15 is 0 Å². The molecule has 17 heavy (non-hydrogen) atoms. The van der Waals surface area contributed by atoms with Crippen LogP contribution < -0.4 is 0 Å². The number of aromatic nitrogens is 1. The third kappa shape index (κ3) is 2.07. The molecule has 0 N–H and O–H groups in total. The Morgan fingerprint density at radius 3 is 2.59 bits per heavy atom. The molecule has 2 aromatic rings. The number of hydrogen-bond donors (Lipinski definition) is 0. The molecule has 0 saturated heterocycles. The maximum atomic E-state index is 11.0. The van der Waals surface area contributed by atoms with Gasteiger partial charge in [-0.1, -0.05) is 36.4 Å². The standard InChI is InChI=1S/C15H15NO/c1-3-9-16-12(2)14(11-17)10-15(16)13-7-5-4-6-8-13/h3-8,10-11H,1,9H2,2H3. The fourth-order valence-corrected chi connectivity index (χ4v) is 2.00. The lowest BCUT2D eigenvalue weighted by molar-refractivity contribution is 0.112. The summed E-state index contributed by atoms with van der Waals surface area (Å²) in [5, 5.41) is 0. The molecule has 0 fully saturated rings. The van der Waals surface area contributed by atoms with Crippen molar-refractivity contribution in [2.45, 2.75) is 13.5 Å². The van der Waals surface area contributed by atoms with Gasteiger partial charge in [-0.3, -0.25) is 4.79 Å². The first-order valence-corrected chi connectivity index (χ1v) is 5.59. The van der Waals surface area contributed by atoms with E-state index in [1.165, 1.54) is 0 Å². The lowest BCUT2D eigenvalue weighted by atomic mass is 10.1. The molecule has 1 aromatic carbocycles. The van der Waals surface area contributed by atoms with E-state index in [-0.39, 0.29) is 0 Å². The summed E-state index contributed by atoms with van der Waals surface area (Å²) in [5.74, 6) is 0. The quantitative estimate of drug-likeness (QED) is 0.577. The Morgan fingerprint density at radius 1 is 1.29 bits per heavy atom. The van der Waals surface area contributed by atoms with Gasteiger partial charge in [-0.2, -0.15) is 0 Å². The predicted molar refractivity (Wildman–Crippen MR) is 70.2 cm³/mol. The van der Waals surface area contributed by atoms with E-state index in [1.807, 2.05) is 49.4 Å². The van der Waals surface area contributed by atoms with Crippen LogP contribution in [0.2, 0.25) is 0 Å². The van der Waals surface area contributed by atoms with E-state index in [4.69, 9.17) is 0 Å². The molecule has 0 amide bonds. The number of benzene rings is 1. The van der Waals surface area contributed by atoms with Gasteiger partial charge in [0.25, 0.3) is 0 Å². The zero-order valence-corrected chi connectivity index (χ0v) is 9.89. The number of aldehydes is 1. The minimum atomic E-state index is 0.712. The van der Waals surface area contributed by atoms with Crippen LogP contribution in [0.25, 0.3) is 11.3 Å². The highest BCUT2D eigenvalue weighted by Gasteiger charge is 2.11. The van der Waals surface area contributed by atoms with Crippen molar-refractivity contribution in [2.24, 2.45) is 0 Å². The van der Waals surface area contributed by atoms with Crippen molar-refractivity contribution >= 4 is 6.29 Å². The molecule has 0 aliphatic carbocycles. The Kier molecular flexibility index (Phi) is 3.24. The van der Waals surface area contributed by atoms with Gasteiger partial charge in [0.2, 0.25) is 0 Å². The minimum Gasteiger partial charge on any atom is -0.340 e. The summed E-state index contributed by atoms with van der Waals surface area (Å²) in [6.45, 7) is 6.43. The van der Waals surface area contributed by atoms with Crippen molar-refractivity contribution in [1.29, 1.82) is 0 Å². The second-order valence-corrected chi connectivity index (χ2v) is 3.95. The molecule has 2 nitrogen and oxygen atoms in total. The van der Waals surface area contributed by atoms with E-state index in [2.05, 4.69) is 11.1 Å². The molecule has 2 rings (SSSR count). The van der Waals surface area contributed by atoms with E-state index in [9.17, 15) is 4.79 Å². The number of rotatable bonds is 4. The zero-order chi connectivity index (χ0) is 12.3. The van der Waals surface area contributed by atoms with Crippen LogP contribution >= 0.6 is 0 Å². The van der Waals surface area contributed by atoms with E-state index in [0.29, 0.717) is 6.54 Å². The third-order valence-electron chi connectivity index (χ3n) is 2.91. The Labute approximate surface area is 101 Å². The highest BCUT2D eigenvalue weighted by Crippen LogP contribution is 2.24. The first-order valence-electron chi connectivity index (χ1n) is 5.59. The SMILES string of the molecule is C=CCn1c(-c2ccccc2)cc(C=O)c1C. The molecule has 86 valence electrons. The van der Waals surface area contributed by atoms with Crippen LogP contribution in [-0.4, -0.2) is 10.9 Å². The molecule has 0 radical (unpaired) electrons. The average molecular weight is 225 g/mol.